The molecule has 0 unspecified atom stereocenters. The lowest BCUT2D eigenvalue weighted by molar-refractivity contribution is -0.125. The number of aryl methyl sites for hydroxylation is 3. The van der Waals surface area contributed by atoms with Gasteiger partial charge < -0.3 is 19.6 Å². The lowest BCUT2D eigenvalue weighted by Gasteiger charge is -2.37. The number of piperidine rings is 1. The number of rotatable bonds is 7. The largest absolute Gasteiger partial charge is 0.369 e. The van der Waals surface area contributed by atoms with Crippen LogP contribution >= 0.6 is 0 Å². The van der Waals surface area contributed by atoms with Crippen molar-refractivity contribution in [3.63, 3.8) is 0 Å². The number of anilines is 2. The van der Waals surface area contributed by atoms with Crippen molar-refractivity contribution < 1.29 is 9.32 Å². The molecule has 2 aromatic heterocycles. The van der Waals surface area contributed by atoms with Crippen LogP contribution in [-0.2, 0) is 4.79 Å². The van der Waals surface area contributed by atoms with Gasteiger partial charge in [0, 0.05) is 51.5 Å². The van der Waals surface area contributed by atoms with Gasteiger partial charge in [0.05, 0.1) is 11.6 Å². The molecule has 0 saturated carbocycles. The van der Waals surface area contributed by atoms with Crippen LogP contribution in [0.4, 0.5) is 11.5 Å². The maximum atomic E-state index is 12.9. The van der Waals surface area contributed by atoms with Crippen molar-refractivity contribution >= 4 is 28.5 Å². The highest BCUT2D eigenvalue weighted by Crippen LogP contribution is 2.29. The third kappa shape index (κ3) is 5.31. The third-order valence-electron chi connectivity index (χ3n) is 7.54. The highest BCUT2D eigenvalue weighted by atomic mass is 16.5. The molecule has 5 rings (SSSR count). The molecule has 1 N–H and O–H groups in total. The zero-order valence-corrected chi connectivity index (χ0v) is 21.7. The van der Waals surface area contributed by atoms with Gasteiger partial charge in [-0.1, -0.05) is 17.3 Å². The Kier molecular flexibility index (Phi) is 7.36. The average Bonchev–Trinajstić information content (AvgIpc) is 3.29. The number of benzene rings is 1. The number of piperazine rings is 1. The highest BCUT2D eigenvalue weighted by molar-refractivity contribution is 5.88. The normalized spacial score (nSPS) is 19.1. The third-order valence-corrected chi connectivity index (χ3v) is 7.54. The number of amides is 1. The Bertz CT molecular complexity index is 1200. The summed E-state index contributed by atoms with van der Waals surface area (Å²) in [4.78, 5) is 28.8. The predicted octanol–water partition coefficient (Wildman–Crippen LogP) is 3.09. The first-order valence-corrected chi connectivity index (χ1v) is 13.1. The van der Waals surface area contributed by atoms with Gasteiger partial charge in [-0.25, -0.2) is 4.98 Å². The summed E-state index contributed by atoms with van der Waals surface area (Å²) in [5.41, 5.74) is 5.30. The Labute approximate surface area is 212 Å². The number of carbonyl (C=O) groups is 1. The van der Waals surface area contributed by atoms with E-state index in [0.717, 1.165) is 82.0 Å². The Morgan fingerprint density at radius 1 is 1.08 bits per heavy atom. The van der Waals surface area contributed by atoms with Gasteiger partial charge in [-0.2, -0.15) is 4.98 Å². The van der Waals surface area contributed by atoms with E-state index in [2.05, 4.69) is 67.2 Å². The number of fused-ring (bicyclic) bond motifs is 1. The Hall–Kier alpha value is -3.20. The zero-order chi connectivity index (χ0) is 25.1. The first-order chi connectivity index (χ1) is 17.5. The van der Waals surface area contributed by atoms with Crippen molar-refractivity contribution in [2.24, 2.45) is 5.92 Å². The van der Waals surface area contributed by atoms with Crippen molar-refractivity contribution in [1.82, 2.24) is 25.3 Å². The summed E-state index contributed by atoms with van der Waals surface area (Å²) >= 11 is 0. The molecule has 0 bridgehead atoms. The molecule has 0 aliphatic carbocycles. The summed E-state index contributed by atoms with van der Waals surface area (Å²) < 4.78 is 5.29. The number of hydrogen-bond donors (Lipinski definition) is 1. The number of nitrogens with one attached hydrogen (secondary N) is 1. The Morgan fingerprint density at radius 3 is 2.75 bits per heavy atom. The van der Waals surface area contributed by atoms with Gasteiger partial charge in [-0.3, -0.25) is 9.69 Å². The minimum absolute atomic E-state index is 0.0370. The van der Waals surface area contributed by atoms with E-state index < -0.39 is 0 Å². The summed E-state index contributed by atoms with van der Waals surface area (Å²) in [7, 11) is 0. The van der Waals surface area contributed by atoms with E-state index >= 15 is 0 Å². The van der Waals surface area contributed by atoms with Crippen LogP contribution < -0.4 is 15.1 Å². The molecule has 3 aromatic rings. The van der Waals surface area contributed by atoms with Crippen LogP contribution in [0.15, 0.2) is 29.0 Å². The second-order valence-corrected chi connectivity index (χ2v) is 10.2. The molecule has 2 aliphatic heterocycles. The van der Waals surface area contributed by atoms with E-state index in [0.29, 0.717) is 12.3 Å². The van der Waals surface area contributed by atoms with E-state index in [1.807, 2.05) is 6.92 Å². The van der Waals surface area contributed by atoms with Crippen LogP contribution in [0.1, 0.15) is 36.1 Å². The highest BCUT2D eigenvalue weighted by Gasteiger charge is 2.28. The van der Waals surface area contributed by atoms with Crippen molar-refractivity contribution in [2.45, 2.75) is 40.0 Å². The lowest BCUT2D eigenvalue weighted by Crippen LogP contribution is -2.47. The SMILES string of the molecule is Cc1ccc(C)c(N2CCN(CCCNC(=O)[C@@H]3CCCN(c4ncnc5onc(C)c45)C3)CC2)c1. The average molecular weight is 492 g/mol. The zero-order valence-electron chi connectivity index (χ0n) is 21.7. The van der Waals surface area contributed by atoms with Gasteiger partial charge in [-0.05, 0) is 63.8 Å². The van der Waals surface area contributed by atoms with E-state index in [1.54, 1.807) is 0 Å². The molecule has 9 nitrogen and oxygen atoms in total. The summed E-state index contributed by atoms with van der Waals surface area (Å²) in [6.45, 7) is 13.7. The molecule has 192 valence electrons. The molecule has 1 aromatic carbocycles. The number of carbonyl (C=O) groups excluding carboxylic acids is 1. The van der Waals surface area contributed by atoms with Crippen LogP contribution in [-0.4, -0.2) is 78.3 Å². The maximum absolute atomic E-state index is 12.9. The monoisotopic (exact) mass is 491 g/mol. The van der Waals surface area contributed by atoms with E-state index in [-0.39, 0.29) is 11.8 Å². The summed E-state index contributed by atoms with van der Waals surface area (Å²) in [5, 5.41) is 8.06. The van der Waals surface area contributed by atoms with Crippen molar-refractivity contribution in [3.8, 4) is 0 Å². The molecule has 2 fully saturated rings. The summed E-state index contributed by atoms with van der Waals surface area (Å²) in [5.74, 6) is 0.924. The Balaban J connectivity index is 1.06. The fourth-order valence-electron chi connectivity index (χ4n) is 5.46. The number of aromatic nitrogens is 3. The molecule has 4 heterocycles. The van der Waals surface area contributed by atoms with Gasteiger partial charge in [0.1, 0.15) is 17.5 Å². The first kappa shape index (κ1) is 24.5. The molecule has 1 atom stereocenters. The van der Waals surface area contributed by atoms with Crippen molar-refractivity contribution in [2.75, 3.05) is 62.2 Å². The molecule has 0 radical (unpaired) electrons. The van der Waals surface area contributed by atoms with Crippen LogP contribution in [0.5, 0.6) is 0 Å². The van der Waals surface area contributed by atoms with Gasteiger partial charge in [0.2, 0.25) is 5.91 Å². The molecule has 2 aliphatic rings. The van der Waals surface area contributed by atoms with E-state index in [1.165, 1.54) is 23.1 Å². The number of hydrogen-bond acceptors (Lipinski definition) is 8. The van der Waals surface area contributed by atoms with Gasteiger partial charge in [-0.15, -0.1) is 0 Å². The predicted molar refractivity (Wildman–Crippen MR) is 141 cm³/mol. The summed E-state index contributed by atoms with van der Waals surface area (Å²) in [6, 6.07) is 6.70. The first-order valence-electron chi connectivity index (χ1n) is 13.1. The summed E-state index contributed by atoms with van der Waals surface area (Å²) in [6.07, 6.45) is 4.34. The van der Waals surface area contributed by atoms with Crippen LogP contribution in [0.3, 0.4) is 0 Å². The van der Waals surface area contributed by atoms with Gasteiger partial charge in [0.15, 0.2) is 0 Å². The maximum Gasteiger partial charge on any atom is 0.263 e. The molecule has 2 saturated heterocycles. The molecular weight excluding hydrogens is 454 g/mol. The van der Waals surface area contributed by atoms with E-state index in [9.17, 15) is 4.79 Å². The number of nitrogens with zero attached hydrogens (tertiary/aromatic N) is 6. The molecular formula is C27H37N7O2. The van der Waals surface area contributed by atoms with Crippen LogP contribution in [0, 0.1) is 26.7 Å². The smallest absolute Gasteiger partial charge is 0.263 e. The second kappa shape index (κ2) is 10.8. The lowest BCUT2D eigenvalue weighted by atomic mass is 9.97. The van der Waals surface area contributed by atoms with Crippen molar-refractivity contribution in [3.05, 3.63) is 41.3 Å². The second-order valence-electron chi connectivity index (χ2n) is 10.2. The minimum Gasteiger partial charge on any atom is -0.369 e. The van der Waals surface area contributed by atoms with Crippen LogP contribution in [0.2, 0.25) is 0 Å². The van der Waals surface area contributed by atoms with Gasteiger partial charge in [0.25, 0.3) is 5.71 Å². The minimum atomic E-state index is -0.0370. The molecule has 0 spiro atoms. The van der Waals surface area contributed by atoms with Gasteiger partial charge >= 0.3 is 0 Å². The van der Waals surface area contributed by atoms with Crippen molar-refractivity contribution in [1.29, 1.82) is 0 Å². The standard InChI is InChI=1S/C27H37N7O2/c1-19-7-8-20(2)23(16-19)33-14-12-32(13-15-33)10-5-9-28-26(35)22-6-4-11-34(17-22)25-24-21(3)31-36-27(24)30-18-29-25/h7-8,16,18,22H,4-6,9-15,17H2,1-3H3,(H,28,35)/t22-/m1/s1. The fourth-order valence-corrected chi connectivity index (χ4v) is 5.46. The fraction of sp³-hybridized carbons (Fsp3) is 0.556. The molecule has 36 heavy (non-hydrogen) atoms. The van der Waals surface area contributed by atoms with E-state index in [4.69, 9.17) is 4.52 Å². The molecule has 9 heteroatoms. The van der Waals surface area contributed by atoms with Crippen LogP contribution in [0.25, 0.3) is 11.1 Å². The quantitative estimate of drug-likeness (QED) is 0.505. The molecule has 1 amide bonds. The Morgan fingerprint density at radius 2 is 1.92 bits per heavy atom. The topological polar surface area (TPSA) is 90.6 Å².